The van der Waals surface area contributed by atoms with Gasteiger partial charge in [0, 0.05) is 32.8 Å². The number of nitrogens with two attached hydrogens (primary N) is 1. The van der Waals surface area contributed by atoms with Gasteiger partial charge in [-0.05, 0) is 38.6 Å². The molecule has 15 heavy (non-hydrogen) atoms. The molecule has 1 aliphatic rings. The average molecular weight is 214 g/mol. The maximum Gasteiger partial charge on any atom is 0.0474 e. The highest BCUT2D eigenvalue weighted by atomic mass is 16.5. The van der Waals surface area contributed by atoms with Crippen molar-refractivity contribution >= 4 is 0 Å². The van der Waals surface area contributed by atoms with Gasteiger partial charge in [0.2, 0.25) is 0 Å². The molecule has 0 amide bonds. The summed E-state index contributed by atoms with van der Waals surface area (Å²) in [7, 11) is 3.97. The Kier molecular flexibility index (Phi) is 6.22. The summed E-state index contributed by atoms with van der Waals surface area (Å²) in [6.45, 7) is 3.21. The average Bonchev–Trinajstić information content (AvgIpc) is 2.18. The highest BCUT2D eigenvalue weighted by molar-refractivity contribution is 4.76. The first-order chi connectivity index (χ1) is 7.22. The van der Waals surface area contributed by atoms with E-state index in [9.17, 15) is 0 Å². The lowest BCUT2D eigenvalue weighted by Crippen LogP contribution is -2.34. The van der Waals surface area contributed by atoms with Gasteiger partial charge in [0.15, 0.2) is 0 Å². The third-order valence-corrected chi connectivity index (χ3v) is 3.28. The van der Waals surface area contributed by atoms with Gasteiger partial charge in [-0.1, -0.05) is 6.42 Å². The van der Waals surface area contributed by atoms with Crippen LogP contribution in [-0.4, -0.2) is 44.8 Å². The van der Waals surface area contributed by atoms with E-state index in [-0.39, 0.29) is 0 Å². The summed E-state index contributed by atoms with van der Waals surface area (Å²) in [6, 6.07) is 0.455. The van der Waals surface area contributed by atoms with Crippen LogP contribution in [0, 0.1) is 5.92 Å². The van der Waals surface area contributed by atoms with Crippen molar-refractivity contribution < 1.29 is 4.74 Å². The van der Waals surface area contributed by atoms with Crippen molar-refractivity contribution in [2.75, 3.05) is 33.9 Å². The van der Waals surface area contributed by atoms with E-state index in [4.69, 9.17) is 10.5 Å². The molecule has 1 aliphatic carbocycles. The molecule has 3 nitrogen and oxygen atoms in total. The minimum atomic E-state index is 0.455. The van der Waals surface area contributed by atoms with Gasteiger partial charge >= 0.3 is 0 Å². The normalized spacial score (nSPS) is 27.2. The zero-order valence-electron chi connectivity index (χ0n) is 10.2. The molecule has 3 heteroatoms. The SMILES string of the molecule is COCCCN(C)CC1CCCC(N)C1. The van der Waals surface area contributed by atoms with Gasteiger partial charge in [-0.3, -0.25) is 0 Å². The van der Waals surface area contributed by atoms with Crippen molar-refractivity contribution in [3.63, 3.8) is 0 Å². The molecule has 1 saturated carbocycles. The fourth-order valence-electron chi connectivity index (χ4n) is 2.51. The zero-order chi connectivity index (χ0) is 11.1. The number of rotatable bonds is 6. The molecule has 0 bridgehead atoms. The molecule has 0 aromatic carbocycles. The van der Waals surface area contributed by atoms with Crippen LogP contribution >= 0.6 is 0 Å². The van der Waals surface area contributed by atoms with Crippen LogP contribution in [0.4, 0.5) is 0 Å². The van der Waals surface area contributed by atoms with Crippen molar-refractivity contribution in [3.05, 3.63) is 0 Å². The third-order valence-electron chi connectivity index (χ3n) is 3.28. The van der Waals surface area contributed by atoms with Crippen molar-refractivity contribution in [1.82, 2.24) is 4.90 Å². The Bertz CT molecular complexity index is 164. The number of nitrogens with zero attached hydrogens (tertiary/aromatic N) is 1. The third kappa shape index (κ3) is 5.50. The summed E-state index contributed by atoms with van der Waals surface area (Å²) in [6.07, 6.45) is 6.25. The van der Waals surface area contributed by atoms with Gasteiger partial charge in [-0.2, -0.15) is 0 Å². The summed E-state index contributed by atoms with van der Waals surface area (Å²) < 4.78 is 5.05. The van der Waals surface area contributed by atoms with E-state index in [1.165, 1.54) is 32.2 Å². The van der Waals surface area contributed by atoms with Crippen LogP contribution in [0.2, 0.25) is 0 Å². The van der Waals surface area contributed by atoms with Crippen LogP contribution in [0.25, 0.3) is 0 Å². The van der Waals surface area contributed by atoms with Crippen LogP contribution in [0.3, 0.4) is 0 Å². The first-order valence-corrected chi connectivity index (χ1v) is 6.15. The summed E-state index contributed by atoms with van der Waals surface area (Å²) in [5.41, 5.74) is 5.98. The molecule has 0 saturated heterocycles. The Morgan fingerprint density at radius 3 is 2.87 bits per heavy atom. The summed E-state index contributed by atoms with van der Waals surface area (Å²) in [4.78, 5) is 2.42. The smallest absolute Gasteiger partial charge is 0.0474 e. The summed E-state index contributed by atoms with van der Waals surface area (Å²) in [5.74, 6) is 0.821. The summed E-state index contributed by atoms with van der Waals surface area (Å²) >= 11 is 0. The maximum absolute atomic E-state index is 5.98. The molecule has 0 aliphatic heterocycles. The molecule has 90 valence electrons. The highest BCUT2D eigenvalue weighted by Crippen LogP contribution is 2.23. The van der Waals surface area contributed by atoms with Gasteiger partial charge < -0.3 is 15.4 Å². The molecule has 2 unspecified atom stereocenters. The van der Waals surface area contributed by atoms with Crippen LogP contribution < -0.4 is 5.73 Å². The monoisotopic (exact) mass is 214 g/mol. The van der Waals surface area contributed by atoms with Crippen LogP contribution in [0.1, 0.15) is 32.1 Å². The quantitative estimate of drug-likeness (QED) is 0.681. The predicted molar refractivity (Wildman–Crippen MR) is 63.9 cm³/mol. The Labute approximate surface area is 94.0 Å². The maximum atomic E-state index is 5.98. The predicted octanol–water partition coefficient (Wildman–Crippen LogP) is 1.47. The second kappa shape index (κ2) is 7.20. The van der Waals surface area contributed by atoms with Gasteiger partial charge in [0.1, 0.15) is 0 Å². The van der Waals surface area contributed by atoms with Gasteiger partial charge in [0.25, 0.3) is 0 Å². The molecule has 0 radical (unpaired) electrons. The Morgan fingerprint density at radius 2 is 2.20 bits per heavy atom. The van der Waals surface area contributed by atoms with E-state index in [0.29, 0.717) is 6.04 Å². The van der Waals surface area contributed by atoms with Gasteiger partial charge in [-0.25, -0.2) is 0 Å². The molecule has 2 atom stereocenters. The zero-order valence-corrected chi connectivity index (χ0v) is 10.2. The number of hydrogen-bond acceptors (Lipinski definition) is 3. The largest absolute Gasteiger partial charge is 0.385 e. The lowest BCUT2D eigenvalue weighted by atomic mass is 9.86. The molecule has 0 heterocycles. The first kappa shape index (κ1) is 12.9. The standard InChI is InChI=1S/C12H26N2O/c1-14(7-4-8-15-2)10-11-5-3-6-12(13)9-11/h11-12H,3-10,13H2,1-2H3. The van der Waals surface area contributed by atoms with Crippen molar-refractivity contribution in [2.24, 2.45) is 11.7 Å². The van der Waals surface area contributed by atoms with Crippen LogP contribution in [-0.2, 0) is 4.74 Å². The first-order valence-electron chi connectivity index (χ1n) is 6.15. The van der Waals surface area contributed by atoms with Crippen molar-refractivity contribution in [3.8, 4) is 0 Å². The fraction of sp³-hybridized carbons (Fsp3) is 1.00. The minimum Gasteiger partial charge on any atom is -0.385 e. The summed E-state index contributed by atoms with van der Waals surface area (Å²) in [5, 5.41) is 0. The molecular weight excluding hydrogens is 188 g/mol. The number of hydrogen-bond donors (Lipinski definition) is 1. The van der Waals surface area contributed by atoms with E-state index in [1.54, 1.807) is 7.11 Å². The lowest BCUT2D eigenvalue weighted by molar-refractivity contribution is 0.167. The van der Waals surface area contributed by atoms with Crippen molar-refractivity contribution in [1.29, 1.82) is 0 Å². The molecule has 1 rings (SSSR count). The van der Waals surface area contributed by atoms with Gasteiger partial charge in [-0.15, -0.1) is 0 Å². The molecule has 2 N–H and O–H groups in total. The van der Waals surface area contributed by atoms with Crippen LogP contribution in [0.15, 0.2) is 0 Å². The van der Waals surface area contributed by atoms with E-state index in [2.05, 4.69) is 11.9 Å². The minimum absolute atomic E-state index is 0.455. The highest BCUT2D eigenvalue weighted by Gasteiger charge is 2.19. The molecule has 1 fully saturated rings. The van der Waals surface area contributed by atoms with Crippen LogP contribution in [0.5, 0.6) is 0 Å². The van der Waals surface area contributed by atoms with Gasteiger partial charge in [0.05, 0.1) is 0 Å². The molecule has 0 spiro atoms. The number of ether oxygens (including phenoxy) is 1. The molecule has 0 aromatic rings. The second-order valence-electron chi connectivity index (χ2n) is 4.90. The van der Waals surface area contributed by atoms with E-state index < -0.39 is 0 Å². The fourth-order valence-corrected chi connectivity index (χ4v) is 2.51. The number of methoxy groups -OCH3 is 1. The Morgan fingerprint density at radius 1 is 1.40 bits per heavy atom. The Balaban J connectivity index is 2.10. The molecular formula is C12H26N2O. The lowest BCUT2D eigenvalue weighted by Gasteiger charge is -2.30. The van der Waals surface area contributed by atoms with Crippen molar-refractivity contribution in [2.45, 2.75) is 38.1 Å². The Hall–Kier alpha value is -0.120. The topological polar surface area (TPSA) is 38.5 Å². The van der Waals surface area contributed by atoms with E-state index >= 15 is 0 Å². The van der Waals surface area contributed by atoms with E-state index in [0.717, 1.165) is 25.5 Å². The second-order valence-corrected chi connectivity index (χ2v) is 4.90. The van der Waals surface area contributed by atoms with E-state index in [1.807, 2.05) is 0 Å². The molecule has 0 aromatic heterocycles.